The molecule has 1 aliphatic carbocycles. The smallest absolute Gasteiger partial charge is 0.0950 e. The van der Waals surface area contributed by atoms with Crippen molar-refractivity contribution in [2.24, 2.45) is 17.1 Å². The average Bonchev–Trinajstić information content (AvgIpc) is 2.46. The van der Waals surface area contributed by atoms with Gasteiger partial charge in [0.05, 0.1) is 5.60 Å². The Morgan fingerprint density at radius 3 is 2.81 bits per heavy atom. The summed E-state index contributed by atoms with van der Waals surface area (Å²) in [4.78, 5) is 0. The normalized spacial score (nSPS) is 29.1. The van der Waals surface area contributed by atoms with Crippen molar-refractivity contribution in [2.75, 3.05) is 6.54 Å². The Morgan fingerprint density at radius 1 is 1.52 bits per heavy atom. The Bertz CT molecular complexity index is 506. The maximum absolute atomic E-state index is 11.4. The fourth-order valence-corrected chi connectivity index (χ4v) is 4.69. The van der Waals surface area contributed by atoms with Crippen molar-refractivity contribution in [3.05, 3.63) is 33.3 Å². The second kappa shape index (κ2) is 6.57. The molecule has 0 saturated heterocycles. The highest BCUT2D eigenvalue weighted by Crippen LogP contribution is 2.52. The van der Waals surface area contributed by atoms with E-state index >= 15 is 0 Å². The Balaban J connectivity index is 2.43. The van der Waals surface area contributed by atoms with Crippen molar-refractivity contribution in [3.63, 3.8) is 0 Å². The molecule has 0 aliphatic heterocycles. The van der Waals surface area contributed by atoms with E-state index in [9.17, 15) is 5.11 Å². The Kier molecular flexibility index (Phi) is 5.40. The first-order chi connectivity index (χ1) is 9.86. The fraction of sp³-hybridized carbons (Fsp3) is 0.647. The fourth-order valence-electron chi connectivity index (χ4n) is 3.83. The van der Waals surface area contributed by atoms with Crippen molar-refractivity contribution in [1.29, 1.82) is 0 Å². The Labute approximate surface area is 141 Å². The minimum Gasteiger partial charge on any atom is -0.385 e. The van der Waals surface area contributed by atoms with Crippen LogP contribution in [0.4, 0.5) is 0 Å². The van der Waals surface area contributed by atoms with Gasteiger partial charge in [0, 0.05) is 27.0 Å². The molecule has 1 aromatic rings. The quantitative estimate of drug-likeness (QED) is 0.791. The molecule has 118 valence electrons. The monoisotopic (exact) mass is 373 g/mol. The molecule has 0 aromatic heterocycles. The summed E-state index contributed by atoms with van der Waals surface area (Å²) in [5.41, 5.74) is 5.64. The summed E-state index contributed by atoms with van der Waals surface area (Å²) < 4.78 is 0.920. The first kappa shape index (κ1) is 17.3. The Morgan fingerprint density at radius 2 is 2.24 bits per heavy atom. The molecular weight excluding hydrogens is 350 g/mol. The first-order valence-corrected chi connectivity index (χ1v) is 8.91. The number of halogens is 2. The van der Waals surface area contributed by atoms with E-state index in [-0.39, 0.29) is 5.41 Å². The van der Waals surface area contributed by atoms with Gasteiger partial charge in [0.15, 0.2) is 0 Å². The van der Waals surface area contributed by atoms with Gasteiger partial charge in [-0.05, 0) is 37.8 Å². The van der Waals surface area contributed by atoms with Gasteiger partial charge in [-0.1, -0.05) is 59.8 Å². The van der Waals surface area contributed by atoms with Crippen LogP contribution < -0.4 is 5.73 Å². The van der Waals surface area contributed by atoms with E-state index in [2.05, 4.69) is 22.9 Å². The number of aliphatic hydroxyl groups is 1. The zero-order valence-electron chi connectivity index (χ0n) is 12.8. The van der Waals surface area contributed by atoms with E-state index in [1.54, 1.807) is 0 Å². The predicted molar refractivity (Wildman–Crippen MR) is 92.5 cm³/mol. The van der Waals surface area contributed by atoms with Gasteiger partial charge in [-0.25, -0.2) is 0 Å². The zero-order valence-corrected chi connectivity index (χ0v) is 15.2. The molecule has 3 unspecified atom stereocenters. The molecular formula is C17H25BrClNO. The Hall–Kier alpha value is -0.0900. The van der Waals surface area contributed by atoms with Crippen LogP contribution in [0.1, 0.15) is 51.5 Å². The van der Waals surface area contributed by atoms with E-state index in [0.29, 0.717) is 17.5 Å². The minimum absolute atomic E-state index is 0.288. The molecule has 1 aromatic carbocycles. The largest absolute Gasteiger partial charge is 0.385 e. The van der Waals surface area contributed by atoms with Gasteiger partial charge in [-0.15, -0.1) is 0 Å². The third-order valence-electron chi connectivity index (χ3n) is 5.40. The lowest BCUT2D eigenvalue weighted by Gasteiger charge is -2.50. The van der Waals surface area contributed by atoms with Gasteiger partial charge in [0.2, 0.25) is 0 Å². The van der Waals surface area contributed by atoms with Crippen molar-refractivity contribution < 1.29 is 5.11 Å². The standard InChI is InChI=1S/C17H25BrClNO/c1-3-12-5-4-8-17(10-12,11-20)16(2,21)14-7-6-13(18)9-15(14)19/h6-7,9,12,21H,3-5,8,10-11,20H2,1-2H3. The summed E-state index contributed by atoms with van der Waals surface area (Å²) in [5, 5.41) is 12.0. The topological polar surface area (TPSA) is 46.2 Å². The third-order valence-corrected chi connectivity index (χ3v) is 6.21. The second-order valence-corrected chi connectivity index (χ2v) is 7.87. The highest BCUT2D eigenvalue weighted by Gasteiger charge is 2.50. The molecule has 0 bridgehead atoms. The second-order valence-electron chi connectivity index (χ2n) is 6.55. The SMILES string of the molecule is CCC1CCCC(CN)(C(C)(O)c2ccc(Br)cc2Cl)C1. The first-order valence-electron chi connectivity index (χ1n) is 7.74. The maximum Gasteiger partial charge on any atom is 0.0950 e. The average molecular weight is 375 g/mol. The highest BCUT2D eigenvalue weighted by atomic mass is 79.9. The molecule has 2 rings (SSSR count). The van der Waals surface area contributed by atoms with E-state index < -0.39 is 5.60 Å². The molecule has 4 heteroatoms. The van der Waals surface area contributed by atoms with Crippen molar-refractivity contribution in [2.45, 2.75) is 51.6 Å². The summed E-state index contributed by atoms with van der Waals surface area (Å²) in [6.45, 7) is 4.59. The molecule has 0 spiro atoms. The van der Waals surface area contributed by atoms with Gasteiger partial charge in [-0.3, -0.25) is 0 Å². The van der Waals surface area contributed by atoms with Gasteiger partial charge in [-0.2, -0.15) is 0 Å². The molecule has 0 heterocycles. The van der Waals surface area contributed by atoms with Crippen LogP contribution in [0.5, 0.6) is 0 Å². The van der Waals surface area contributed by atoms with Crippen LogP contribution in [0.25, 0.3) is 0 Å². The number of hydrogen-bond donors (Lipinski definition) is 2. The lowest BCUT2D eigenvalue weighted by Crippen LogP contribution is -2.51. The summed E-state index contributed by atoms with van der Waals surface area (Å²) in [5.74, 6) is 0.642. The van der Waals surface area contributed by atoms with Crippen molar-refractivity contribution >= 4 is 27.5 Å². The van der Waals surface area contributed by atoms with Crippen LogP contribution in [-0.2, 0) is 5.60 Å². The molecule has 2 nitrogen and oxygen atoms in total. The summed E-state index contributed by atoms with van der Waals surface area (Å²) in [7, 11) is 0. The molecule has 0 radical (unpaired) electrons. The molecule has 1 fully saturated rings. The summed E-state index contributed by atoms with van der Waals surface area (Å²) in [6.07, 6.45) is 5.44. The zero-order chi connectivity index (χ0) is 15.7. The lowest BCUT2D eigenvalue weighted by atomic mass is 9.59. The number of rotatable bonds is 4. The molecule has 0 amide bonds. The molecule has 3 N–H and O–H groups in total. The molecule has 3 atom stereocenters. The van der Waals surface area contributed by atoms with Gasteiger partial charge >= 0.3 is 0 Å². The van der Waals surface area contributed by atoms with E-state index in [1.807, 2.05) is 25.1 Å². The van der Waals surface area contributed by atoms with Crippen LogP contribution in [0.15, 0.2) is 22.7 Å². The van der Waals surface area contributed by atoms with E-state index in [0.717, 1.165) is 35.7 Å². The van der Waals surface area contributed by atoms with E-state index in [4.69, 9.17) is 17.3 Å². The van der Waals surface area contributed by atoms with Gasteiger partial charge in [0.1, 0.15) is 0 Å². The van der Waals surface area contributed by atoms with Gasteiger partial charge in [0.25, 0.3) is 0 Å². The molecule has 1 aliphatic rings. The van der Waals surface area contributed by atoms with E-state index in [1.165, 1.54) is 6.42 Å². The maximum atomic E-state index is 11.4. The van der Waals surface area contributed by atoms with Gasteiger partial charge < -0.3 is 10.8 Å². The van der Waals surface area contributed by atoms with Crippen LogP contribution >= 0.6 is 27.5 Å². The third kappa shape index (κ3) is 3.17. The van der Waals surface area contributed by atoms with Crippen molar-refractivity contribution in [3.8, 4) is 0 Å². The van der Waals surface area contributed by atoms with Crippen LogP contribution in [-0.4, -0.2) is 11.7 Å². The predicted octanol–water partition coefficient (Wildman–Crippen LogP) is 4.86. The van der Waals surface area contributed by atoms with Crippen LogP contribution in [0.3, 0.4) is 0 Å². The molecule has 21 heavy (non-hydrogen) atoms. The minimum atomic E-state index is -1.01. The lowest BCUT2D eigenvalue weighted by molar-refractivity contribution is -0.102. The number of hydrogen-bond acceptors (Lipinski definition) is 2. The molecule has 1 saturated carbocycles. The highest BCUT2D eigenvalue weighted by molar-refractivity contribution is 9.10. The number of benzene rings is 1. The number of nitrogens with two attached hydrogens (primary N) is 1. The summed E-state index contributed by atoms with van der Waals surface area (Å²) >= 11 is 9.81. The van der Waals surface area contributed by atoms with Crippen LogP contribution in [0.2, 0.25) is 5.02 Å². The van der Waals surface area contributed by atoms with Crippen molar-refractivity contribution in [1.82, 2.24) is 0 Å². The van der Waals surface area contributed by atoms with Crippen LogP contribution in [0, 0.1) is 11.3 Å². The summed E-state index contributed by atoms with van der Waals surface area (Å²) in [6, 6.07) is 5.69.